The summed E-state index contributed by atoms with van der Waals surface area (Å²) in [5.74, 6) is 0.134. The van der Waals surface area contributed by atoms with E-state index in [9.17, 15) is 13.2 Å². The van der Waals surface area contributed by atoms with Gasteiger partial charge in [-0.3, -0.25) is 4.79 Å². The molecule has 2 aliphatic heterocycles. The van der Waals surface area contributed by atoms with Crippen LogP contribution in [0.15, 0.2) is 0 Å². The molecule has 2 atom stereocenters. The van der Waals surface area contributed by atoms with Crippen molar-refractivity contribution in [3.05, 3.63) is 0 Å². The number of carbonyl (C=O) groups excluding carboxylic acids is 1. The van der Waals surface area contributed by atoms with Crippen LogP contribution in [0.3, 0.4) is 0 Å². The van der Waals surface area contributed by atoms with Gasteiger partial charge in [0.25, 0.3) is 0 Å². The van der Waals surface area contributed by atoms with Crippen LogP contribution in [0.5, 0.6) is 0 Å². The van der Waals surface area contributed by atoms with Crippen molar-refractivity contribution in [2.75, 3.05) is 38.6 Å². The third kappa shape index (κ3) is 4.91. The first-order valence-electron chi connectivity index (χ1n) is 8.07. The van der Waals surface area contributed by atoms with Gasteiger partial charge in [0.2, 0.25) is 15.9 Å². The largest absolute Gasteiger partial charge is 0.381 e. The molecule has 2 heterocycles. The van der Waals surface area contributed by atoms with Gasteiger partial charge in [-0.25, -0.2) is 8.42 Å². The van der Waals surface area contributed by atoms with Crippen molar-refractivity contribution >= 4 is 15.9 Å². The maximum atomic E-state index is 12.7. The third-order valence-electron chi connectivity index (χ3n) is 4.31. The maximum Gasteiger partial charge on any atom is 0.221 e. The Labute approximate surface area is 132 Å². The highest BCUT2D eigenvalue weighted by atomic mass is 32.2. The molecule has 2 rings (SSSR count). The van der Waals surface area contributed by atoms with Gasteiger partial charge in [-0.1, -0.05) is 6.42 Å². The fourth-order valence-corrected chi connectivity index (χ4v) is 5.20. The minimum atomic E-state index is -3.30. The van der Waals surface area contributed by atoms with Crippen LogP contribution < -0.4 is 11.1 Å². The minimum absolute atomic E-state index is 0.0967. The van der Waals surface area contributed by atoms with Gasteiger partial charge in [-0.15, -0.1) is 0 Å². The molecule has 0 radical (unpaired) electrons. The molecular formula is C14H27N3O4S. The molecule has 22 heavy (non-hydrogen) atoms. The van der Waals surface area contributed by atoms with E-state index in [-0.39, 0.29) is 30.0 Å². The molecule has 2 saturated heterocycles. The predicted octanol–water partition coefficient (Wildman–Crippen LogP) is -0.328. The Morgan fingerprint density at radius 1 is 1.32 bits per heavy atom. The van der Waals surface area contributed by atoms with Crippen LogP contribution in [0, 0.1) is 5.92 Å². The van der Waals surface area contributed by atoms with Gasteiger partial charge in [0.15, 0.2) is 0 Å². The zero-order chi connectivity index (χ0) is 16.0. The first kappa shape index (κ1) is 17.7. The Kier molecular flexibility index (Phi) is 6.61. The summed E-state index contributed by atoms with van der Waals surface area (Å²) < 4.78 is 32.2. The number of piperidine rings is 1. The number of hydrogen-bond acceptors (Lipinski definition) is 5. The van der Waals surface area contributed by atoms with Crippen LogP contribution >= 0.6 is 0 Å². The van der Waals surface area contributed by atoms with E-state index in [1.807, 2.05) is 0 Å². The van der Waals surface area contributed by atoms with Crippen LogP contribution in [0.1, 0.15) is 32.1 Å². The van der Waals surface area contributed by atoms with E-state index >= 15 is 0 Å². The molecule has 2 fully saturated rings. The first-order valence-corrected chi connectivity index (χ1v) is 9.68. The Hall–Kier alpha value is -0.700. The zero-order valence-corrected chi connectivity index (χ0v) is 13.8. The van der Waals surface area contributed by atoms with Gasteiger partial charge in [0.1, 0.15) is 0 Å². The Morgan fingerprint density at radius 3 is 2.82 bits per heavy atom. The number of hydrogen-bond donors (Lipinski definition) is 2. The van der Waals surface area contributed by atoms with Gasteiger partial charge in [-0.2, -0.15) is 4.31 Å². The number of amides is 1. The summed E-state index contributed by atoms with van der Waals surface area (Å²) in [5.41, 5.74) is 5.35. The average molecular weight is 333 g/mol. The van der Waals surface area contributed by atoms with Crippen molar-refractivity contribution in [1.82, 2.24) is 9.62 Å². The second kappa shape index (κ2) is 8.24. The molecule has 2 unspecified atom stereocenters. The summed E-state index contributed by atoms with van der Waals surface area (Å²) in [7, 11) is -3.30. The van der Waals surface area contributed by atoms with Gasteiger partial charge in [-0.05, 0) is 25.2 Å². The van der Waals surface area contributed by atoms with Crippen LogP contribution in [-0.2, 0) is 19.6 Å². The highest BCUT2D eigenvalue weighted by Gasteiger charge is 2.34. The van der Waals surface area contributed by atoms with Gasteiger partial charge in [0.05, 0.1) is 12.4 Å². The number of ether oxygens (including phenoxy) is 1. The second-order valence-corrected chi connectivity index (χ2v) is 8.08. The molecule has 0 aromatic heterocycles. The lowest BCUT2D eigenvalue weighted by Crippen LogP contribution is -2.50. The van der Waals surface area contributed by atoms with Gasteiger partial charge < -0.3 is 15.8 Å². The molecule has 8 heteroatoms. The Morgan fingerprint density at radius 2 is 2.14 bits per heavy atom. The van der Waals surface area contributed by atoms with E-state index in [1.165, 1.54) is 0 Å². The van der Waals surface area contributed by atoms with Crippen LogP contribution in [-0.4, -0.2) is 63.3 Å². The standard InChI is InChI=1S/C14H27N3O4S/c15-6-4-14(18)16-9-13-3-1-2-7-17(13)22(19,20)11-12-5-8-21-10-12/h12-13H,1-11,15H2,(H,16,18). The average Bonchev–Trinajstić information content (AvgIpc) is 2.98. The molecule has 0 aromatic carbocycles. The topological polar surface area (TPSA) is 102 Å². The number of carbonyl (C=O) groups is 1. The number of nitrogens with two attached hydrogens (primary N) is 1. The zero-order valence-electron chi connectivity index (χ0n) is 13.0. The molecule has 2 aliphatic rings. The quantitative estimate of drug-likeness (QED) is 0.664. The molecule has 128 valence electrons. The van der Waals surface area contributed by atoms with Crippen LogP contribution in [0.25, 0.3) is 0 Å². The summed E-state index contributed by atoms with van der Waals surface area (Å²) in [6, 6.07) is -0.136. The molecule has 1 amide bonds. The van der Waals surface area contributed by atoms with E-state index in [4.69, 9.17) is 10.5 Å². The molecule has 0 saturated carbocycles. The monoisotopic (exact) mass is 333 g/mol. The fraction of sp³-hybridized carbons (Fsp3) is 0.929. The Balaban J connectivity index is 1.94. The molecule has 0 bridgehead atoms. The smallest absolute Gasteiger partial charge is 0.221 e. The molecule has 0 spiro atoms. The minimum Gasteiger partial charge on any atom is -0.381 e. The summed E-state index contributed by atoms with van der Waals surface area (Å²) in [4.78, 5) is 11.5. The van der Waals surface area contributed by atoms with Crippen molar-refractivity contribution in [3.8, 4) is 0 Å². The normalized spacial score (nSPS) is 27.0. The van der Waals surface area contributed by atoms with Crippen molar-refractivity contribution in [1.29, 1.82) is 0 Å². The predicted molar refractivity (Wildman–Crippen MR) is 83.7 cm³/mol. The number of nitrogens with zero attached hydrogens (tertiary/aromatic N) is 1. The van der Waals surface area contributed by atoms with Crippen molar-refractivity contribution < 1.29 is 17.9 Å². The summed E-state index contributed by atoms with van der Waals surface area (Å²) in [5, 5.41) is 2.80. The van der Waals surface area contributed by atoms with Crippen LogP contribution in [0.2, 0.25) is 0 Å². The highest BCUT2D eigenvalue weighted by Crippen LogP contribution is 2.24. The summed E-state index contributed by atoms with van der Waals surface area (Å²) in [6.07, 6.45) is 3.76. The van der Waals surface area contributed by atoms with E-state index in [0.29, 0.717) is 32.8 Å². The van der Waals surface area contributed by atoms with E-state index in [2.05, 4.69) is 5.32 Å². The van der Waals surface area contributed by atoms with E-state index in [1.54, 1.807) is 4.31 Å². The third-order valence-corrected chi connectivity index (χ3v) is 6.39. The van der Waals surface area contributed by atoms with Crippen LogP contribution in [0.4, 0.5) is 0 Å². The number of rotatable bonds is 7. The molecule has 7 nitrogen and oxygen atoms in total. The Bertz CT molecular complexity index is 463. The lowest BCUT2D eigenvalue weighted by atomic mass is 10.1. The second-order valence-electron chi connectivity index (χ2n) is 6.11. The van der Waals surface area contributed by atoms with Crippen molar-refractivity contribution in [2.24, 2.45) is 11.7 Å². The molecule has 0 aromatic rings. The SMILES string of the molecule is NCCC(=O)NCC1CCCCN1S(=O)(=O)CC1CCOC1. The van der Waals surface area contributed by atoms with Gasteiger partial charge >= 0.3 is 0 Å². The number of nitrogens with one attached hydrogen (secondary N) is 1. The van der Waals surface area contributed by atoms with E-state index < -0.39 is 10.0 Å². The molecule has 0 aliphatic carbocycles. The summed E-state index contributed by atoms with van der Waals surface area (Å²) >= 11 is 0. The highest BCUT2D eigenvalue weighted by molar-refractivity contribution is 7.89. The summed E-state index contributed by atoms with van der Waals surface area (Å²) in [6.45, 7) is 2.41. The molecule has 3 N–H and O–H groups in total. The lowest BCUT2D eigenvalue weighted by molar-refractivity contribution is -0.121. The van der Waals surface area contributed by atoms with Crippen molar-refractivity contribution in [2.45, 2.75) is 38.1 Å². The number of sulfonamides is 1. The lowest BCUT2D eigenvalue weighted by Gasteiger charge is -2.35. The maximum absolute atomic E-state index is 12.7. The molecular weight excluding hydrogens is 306 g/mol. The first-order chi connectivity index (χ1) is 10.5. The fourth-order valence-electron chi connectivity index (χ4n) is 3.10. The van der Waals surface area contributed by atoms with E-state index in [0.717, 1.165) is 25.7 Å². The van der Waals surface area contributed by atoms with Crippen molar-refractivity contribution in [3.63, 3.8) is 0 Å². The van der Waals surface area contributed by atoms with Gasteiger partial charge in [0, 0.05) is 38.7 Å².